The van der Waals surface area contributed by atoms with Crippen LogP contribution in [0.25, 0.3) is 33.4 Å². The number of rotatable bonds is 5. The zero-order valence-corrected chi connectivity index (χ0v) is 17.1. The van der Waals surface area contributed by atoms with Crippen molar-refractivity contribution in [2.24, 2.45) is 0 Å². The van der Waals surface area contributed by atoms with Crippen LogP contribution in [0.2, 0.25) is 0 Å². The molecule has 0 spiro atoms. The Kier molecular flexibility index (Phi) is 5.32. The Labute approximate surface area is 183 Å². The highest BCUT2D eigenvalue weighted by atomic mass is 16.5. The van der Waals surface area contributed by atoms with E-state index in [1.54, 1.807) is 0 Å². The van der Waals surface area contributed by atoms with Gasteiger partial charge in [-0.25, -0.2) is 0 Å². The van der Waals surface area contributed by atoms with Crippen molar-refractivity contribution in [3.8, 4) is 44.9 Å². The first kappa shape index (κ1) is 18.9. The molecule has 5 aromatic rings. The third-order valence-corrected chi connectivity index (χ3v) is 5.36. The van der Waals surface area contributed by atoms with Crippen LogP contribution in [0.15, 0.2) is 133 Å². The van der Waals surface area contributed by atoms with Crippen LogP contribution in [-0.2, 0) is 0 Å². The van der Waals surface area contributed by atoms with Gasteiger partial charge in [-0.1, -0.05) is 109 Å². The van der Waals surface area contributed by atoms with E-state index in [4.69, 9.17) is 4.74 Å². The standard InChI is InChI=1S/C30H22O/c1-4-11-23(12-5-1)28-17-10-18-29(30(28)25-13-6-2-7-14-25)24-19-21-27(22-20-24)31-26-15-8-3-9-16-26/h1-22H. The monoisotopic (exact) mass is 398 g/mol. The zero-order chi connectivity index (χ0) is 20.9. The second-order valence-electron chi connectivity index (χ2n) is 7.40. The first-order valence-electron chi connectivity index (χ1n) is 10.5. The SMILES string of the molecule is c1ccc(Oc2ccc(-c3cccc(-c4ccccc4)c3-c3ccccc3)cc2)cc1. The maximum Gasteiger partial charge on any atom is 0.127 e. The van der Waals surface area contributed by atoms with E-state index in [1.807, 2.05) is 42.5 Å². The van der Waals surface area contributed by atoms with Crippen molar-refractivity contribution in [3.05, 3.63) is 133 Å². The fourth-order valence-corrected chi connectivity index (χ4v) is 3.89. The van der Waals surface area contributed by atoms with E-state index in [1.165, 1.54) is 27.8 Å². The summed E-state index contributed by atoms with van der Waals surface area (Å²) in [7, 11) is 0. The molecule has 0 aliphatic heterocycles. The van der Waals surface area contributed by atoms with Crippen LogP contribution >= 0.6 is 0 Å². The first-order valence-corrected chi connectivity index (χ1v) is 10.5. The minimum atomic E-state index is 0.829. The van der Waals surface area contributed by atoms with Crippen LogP contribution in [0, 0.1) is 0 Å². The van der Waals surface area contributed by atoms with Crippen LogP contribution in [0.5, 0.6) is 11.5 Å². The molecule has 0 aliphatic carbocycles. The largest absolute Gasteiger partial charge is 0.457 e. The Morgan fingerprint density at radius 2 is 0.774 bits per heavy atom. The third-order valence-electron chi connectivity index (χ3n) is 5.36. The van der Waals surface area contributed by atoms with E-state index in [0.717, 1.165) is 17.1 Å². The van der Waals surface area contributed by atoms with Gasteiger partial charge in [-0.05, 0) is 57.6 Å². The molecule has 0 N–H and O–H groups in total. The average Bonchev–Trinajstić information content (AvgIpc) is 2.86. The molecule has 1 nitrogen and oxygen atoms in total. The van der Waals surface area contributed by atoms with Gasteiger partial charge in [0, 0.05) is 0 Å². The summed E-state index contributed by atoms with van der Waals surface area (Å²) in [6, 6.07) is 45.9. The molecule has 31 heavy (non-hydrogen) atoms. The Hall–Kier alpha value is -4.10. The molecule has 0 aromatic heterocycles. The topological polar surface area (TPSA) is 9.23 Å². The van der Waals surface area contributed by atoms with Gasteiger partial charge in [0.15, 0.2) is 0 Å². The second-order valence-corrected chi connectivity index (χ2v) is 7.40. The van der Waals surface area contributed by atoms with Gasteiger partial charge in [0.25, 0.3) is 0 Å². The Balaban J connectivity index is 1.59. The van der Waals surface area contributed by atoms with Crippen LogP contribution in [-0.4, -0.2) is 0 Å². The summed E-state index contributed by atoms with van der Waals surface area (Å²) in [5, 5.41) is 0. The van der Waals surface area contributed by atoms with Gasteiger partial charge < -0.3 is 4.74 Å². The number of ether oxygens (including phenoxy) is 1. The predicted molar refractivity (Wildman–Crippen MR) is 129 cm³/mol. The number of benzene rings is 5. The van der Waals surface area contributed by atoms with E-state index < -0.39 is 0 Å². The van der Waals surface area contributed by atoms with Crippen molar-refractivity contribution in [3.63, 3.8) is 0 Å². The summed E-state index contributed by atoms with van der Waals surface area (Å²) < 4.78 is 5.98. The Morgan fingerprint density at radius 3 is 1.35 bits per heavy atom. The highest BCUT2D eigenvalue weighted by Crippen LogP contribution is 2.40. The van der Waals surface area contributed by atoms with Gasteiger partial charge in [-0.3, -0.25) is 0 Å². The van der Waals surface area contributed by atoms with E-state index >= 15 is 0 Å². The van der Waals surface area contributed by atoms with Crippen LogP contribution < -0.4 is 4.74 Å². The summed E-state index contributed by atoms with van der Waals surface area (Å²) in [5.41, 5.74) is 7.27. The maximum atomic E-state index is 5.98. The zero-order valence-electron chi connectivity index (χ0n) is 17.1. The molecule has 0 saturated carbocycles. The second kappa shape index (κ2) is 8.73. The highest BCUT2D eigenvalue weighted by Gasteiger charge is 2.13. The van der Waals surface area contributed by atoms with Crippen LogP contribution in [0.1, 0.15) is 0 Å². The minimum Gasteiger partial charge on any atom is -0.457 e. The van der Waals surface area contributed by atoms with Gasteiger partial charge >= 0.3 is 0 Å². The molecule has 0 amide bonds. The van der Waals surface area contributed by atoms with Gasteiger partial charge in [0.2, 0.25) is 0 Å². The molecule has 0 unspecified atom stereocenters. The maximum absolute atomic E-state index is 5.98. The smallest absolute Gasteiger partial charge is 0.127 e. The highest BCUT2D eigenvalue weighted by molar-refractivity contribution is 5.94. The molecule has 5 aromatic carbocycles. The molecule has 0 heterocycles. The predicted octanol–water partition coefficient (Wildman–Crippen LogP) is 8.48. The van der Waals surface area contributed by atoms with Crippen LogP contribution in [0.3, 0.4) is 0 Å². The normalized spacial score (nSPS) is 10.6. The van der Waals surface area contributed by atoms with Crippen molar-refractivity contribution in [2.45, 2.75) is 0 Å². The fourth-order valence-electron chi connectivity index (χ4n) is 3.89. The molecule has 0 bridgehead atoms. The molecular weight excluding hydrogens is 376 g/mol. The summed E-state index contributed by atoms with van der Waals surface area (Å²) in [6.07, 6.45) is 0. The molecule has 0 aliphatic rings. The molecule has 148 valence electrons. The number of hydrogen-bond acceptors (Lipinski definition) is 1. The summed E-state index contributed by atoms with van der Waals surface area (Å²) in [4.78, 5) is 0. The molecule has 0 atom stereocenters. The van der Waals surface area contributed by atoms with Crippen molar-refractivity contribution >= 4 is 0 Å². The van der Waals surface area contributed by atoms with Gasteiger partial charge in [-0.15, -0.1) is 0 Å². The fraction of sp³-hybridized carbons (Fsp3) is 0. The molecule has 5 rings (SSSR count). The van der Waals surface area contributed by atoms with E-state index in [2.05, 4.69) is 91.0 Å². The Morgan fingerprint density at radius 1 is 0.323 bits per heavy atom. The molecule has 1 heteroatoms. The van der Waals surface area contributed by atoms with Crippen molar-refractivity contribution in [1.29, 1.82) is 0 Å². The molecular formula is C30H22O. The molecule has 0 saturated heterocycles. The quantitative estimate of drug-likeness (QED) is 0.288. The van der Waals surface area contributed by atoms with Crippen molar-refractivity contribution < 1.29 is 4.74 Å². The summed E-state index contributed by atoms with van der Waals surface area (Å²) in [6.45, 7) is 0. The number of para-hydroxylation sites is 1. The van der Waals surface area contributed by atoms with Crippen LogP contribution in [0.4, 0.5) is 0 Å². The minimum absolute atomic E-state index is 0.829. The van der Waals surface area contributed by atoms with E-state index in [-0.39, 0.29) is 0 Å². The summed E-state index contributed by atoms with van der Waals surface area (Å²) in [5.74, 6) is 1.67. The van der Waals surface area contributed by atoms with Gasteiger partial charge in [-0.2, -0.15) is 0 Å². The molecule has 0 fully saturated rings. The lowest BCUT2D eigenvalue weighted by molar-refractivity contribution is 0.483. The molecule has 0 radical (unpaired) electrons. The Bertz CT molecular complexity index is 1260. The first-order chi connectivity index (χ1) is 15.4. The number of hydrogen-bond donors (Lipinski definition) is 0. The van der Waals surface area contributed by atoms with Gasteiger partial charge in [0.05, 0.1) is 0 Å². The third kappa shape index (κ3) is 4.12. The van der Waals surface area contributed by atoms with E-state index in [9.17, 15) is 0 Å². The average molecular weight is 399 g/mol. The van der Waals surface area contributed by atoms with Gasteiger partial charge in [0.1, 0.15) is 11.5 Å². The van der Waals surface area contributed by atoms with E-state index in [0.29, 0.717) is 0 Å². The van der Waals surface area contributed by atoms with Crippen molar-refractivity contribution in [2.75, 3.05) is 0 Å². The van der Waals surface area contributed by atoms with Crippen molar-refractivity contribution in [1.82, 2.24) is 0 Å². The lowest BCUT2D eigenvalue weighted by atomic mass is 9.88. The lowest BCUT2D eigenvalue weighted by Crippen LogP contribution is -1.90. The lowest BCUT2D eigenvalue weighted by Gasteiger charge is -2.16. The summed E-state index contributed by atoms with van der Waals surface area (Å²) >= 11 is 0.